The molecule has 1 aliphatic heterocycles. The van der Waals surface area contributed by atoms with Gasteiger partial charge in [0.15, 0.2) is 0 Å². The molecule has 0 spiro atoms. The standard InChI is InChI=1S/C21H41NO4/c1-7-8-9-10-11-12-13-14-18(23)15-17-16-25-21(5,6)22(17)19(24)26-20(2,3)4/h17-18,23H,7-16H2,1-6H3/t17-,18+/m0/s1. The zero-order valence-electron chi connectivity index (χ0n) is 17.8. The largest absolute Gasteiger partial charge is 0.444 e. The summed E-state index contributed by atoms with van der Waals surface area (Å²) in [4.78, 5) is 14.3. The third kappa shape index (κ3) is 8.26. The van der Waals surface area contributed by atoms with Crippen molar-refractivity contribution >= 4 is 6.09 Å². The zero-order chi connectivity index (χ0) is 19.8. The van der Waals surface area contributed by atoms with Crippen molar-refractivity contribution in [3.8, 4) is 0 Å². The van der Waals surface area contributed by atoms with Gasteiger partial charge in [-0.2, -0.15) is 0 Å². The van der Waals surface area contributed by atoms with E-state index in [2.05, 4.69) is 6.92 Å². The van der Waals surface area contributed by atoms with Gasteiger partial charge in [0.1, 0.15) is 11.3 Å². The topological polar surface area (TPSA) is 59.0 Å². The number of aliphatic hydroxyl groups excluding tert-OH is 1. The van der Waals surface area contributed by atoms with E-state index in [-0.39, 0.29) is 12.1 Å². The first-order valence-corrected chi connectivity index (χ1v) is 10.4. The van der Waals surface area contributed by atoms with Gasteiger partial charge in [-0.25, -0.2) is 4.79 Å². The molecule has 1 aliphatic rings. The van der Waals surface area contributed by atoms with Crippen LogP contribution in [-0.2, 0) is 9.47 Å². The van der Waals surface area contributed by atoms with E-state index in [9.17, 15) is 9.90 Å². The van der Waals surface area contributed by atoms with E-state index < -0.39 is 17.4 Å². The Hall–Kier alpha value is -0.810. The van der Waals surface area contributed by atoms with Crippen LogP contribution < -0.4 is 0 Å². The number of amides is 1. The SMILES string of the molecule is CCCCCCCCC[C@@H](O)C[C@H]1COC(C)(C)N1C(=O)OC(C)(C)C. The Balaban J connectivity index is 2.42. The van der Waals surface area contributed by atoms with Gasteiger partial charge in [-0.1, -0.05) is 51.9 Å². The lowest BCUT2D eigenvalue weighted by Crippen LogP contribution is -2.50. The van der Waals surface area contributed by atoms with Crippen molar-refractivity contribution < 1.29 is 19.4 Å². The van der Waals surface area contributed by atoms with E-state index >= 15 is 0 Å². The molecule has 0 aromatic rings. The van der Waals surface area contributed by atoms with E-state index in [1.807, 2.05) is 34.6 Å². The Labute approximate surface area is 160 Å². The van der Waals surface area contributed by atoms with Crippen molar-refractivity contribution in [2.45, 2.75) is 123 Å². The van der Waals surface area contributed by atoms with Gasteiger partial charge in [-0.15, -0.1) is 0 Å². The molecule has 1 N–H and O–H groups in total. The fourth-order valence-electron chi connectivity index (χ4n) is 3.51. The number of aliphatic hydroxyl groups is 1. The smallest absolute Gasteiger partial charge is 0.412 e. The lowest BCUT2D eigenvalue weighted by Gasteiger charge is -2.35. The first-order chi connectivity index (χ1) is 12.1. The predicted molar refractivity (Wildman–Crippen MR) is 105 cm³/mol. The highest BCUT2D eigenvalue weighted by molar-refractivity contribution is 5.69. The van der Waals surface area contributed by atoms with E-state index in [0.717, 1.165) is 12.8 Å². The van der Waals surface area contributed by atoms with Crippen LogP contribution in [0.2, 0.25) is 0 Å². The van der Waals surface area contributed by atoms with Crippen LogP contribution >= 0.6 is 0 Å². The number of hydrogen-bond acceptors (Lipinski definition) is 4. The molecular weight excluding hydrogens is 330 g/mol. The highest BCUT2D eigenvalue weighted by Gasteiger charge is 2.46. The van der Waals surface area contributed by atoms with Gasteiger partial charge in [0, 0.05) is 0 Å². The first kappa shape index (κ1) is 23.2. The second-order valence-electron chi connectivity index (χ2n) is 9.06. The van der Waals surface area contributed by atoms with Crippen LogP contribution in [0.1, 0.15) is 99.3 Å². The van der Waals surface area contributed by atoms with Crippen LogP contribution in [0.25, 0.3) is 0 Å². The molecule has 0 saturated carbocycles. The van der Waals surface area contributed by atoms with Crippen LogP contribution in [0.4, 0.5) is 4.79 Å². The second kappa shape index (κ2) is 10.5. The van der Waals surface area contributed by atoms with Crippen molar-refractivity contribution in [2.75, 3.05) is 6.61 Å². The van der Waals surface area contributed by atoms with Gasteiger partial charge in [-0.3, -0.25) is 4.90 Å². The Kier molecular flexibility index (Phi) is 9.39. The third-order valence-electron chi connectivity index (χ3n) is 4.85. The van der Waals surface area contributed by atoms with Crippen molar-refractivity contribution in [1.29, 1.82) is 0 Å². The summed E-state index contributed by atoms with van der Waals surface area (Å²) in [5.41, 5.74) is -1.25. The van der Waals surface area contributed by atoms with Gasteiger partial charge in [0.05, 0.1) is 18.8 Å². The fraction of sp³-hybridized carbons (Fsp3) is 0.952. The summed E-state index contributed by atoms with van der Waals surface area (Å²) in [6.07, 6.45) is 9.21. The van der Waals surface area contributed by atoms with Crippen LogP contribution in [0.5, 0.6) is 0 Å². The minimum Gasteiger partial charge on any atom is -0.444 e. The summed E-state index contributed by atoms with van der Waals surface area (Å²) < 4.78 is 11.3. The highest BCUT2D eigenvalue weighted by atomic mass is 16.6. The maximum absolute atomic E-state index is 12.6. The average molecular weight is 372 g/mol. The van der Waals surface area contributed by atoms with Crippen LogP contribution in [0, 0.1) is 0 Å². The summed E-state index contributed by atoms with van der Waals surface area (Å²) in [6, 6.07) is -0.139. The number of ether oxygens (including phenoxy) is 2. The van der Waals surface area contributed by atoms with E-state index in [1.54, 1.807) is 4.90 Å². The summed E-state index contributed by atoms with van der Waals surface area (Å²) >= 11 is 0. The molecule has 1 saturated heterocycles. The van der Waals surface area contributed by atoms with Crippen LogP contribution in [-0.4, -0.2) is 46.2 Å². The number of carbonyl (C=O) groups excluding carboxylic acids is 1. The van der Waals surface area contributed by atoms with E-state index in [4.69, 9.17) is 9.47 Å². The number of hydrogen-bond donors (Lipinski definition) is 1. The normalized spacial score (nSPS) is 21.0. The number of nitrogens with zero attached hydrogens (tertiary/aromatic N) is 1. The van der Waals surface area contributed by atoms with Crippen molar-refractivity contribution in [2.24, 2.45) is 0 Å². The third-order valence-corrected chi connectivity index (χ3v) is 4.85. The molecular formula is C21H41NO4. The molecule has 5 heteroatoms. The van der Waals surface area contributed by atoms with Gasteiger partial charge >= 0.3 is 6.09 Å². The maximum Gasteiger partial charge on any atom is 0.412 e. The first-order valence-electron chi connectivity index (χ1n) is 10.4. The lowest BCUT2D eigenvalue weighted by atomic mass is 10.0. The van der Waals surface area contributed by atoms with Crippen molar-refractivity contribution in [3.63, 3.8) is 0 Å². The molecule has 0 bridgehead atoms. The summed E-state index contributed by atoms with van der Waals surface area (Å²) in [5, 5.41) is 10.4. The molecule has 1 fully saturated rings. The van der Waals surface area contributed by atoms with E-state index in [0.29, 0.717) is 13.0 Å². The van der Waals surface area contributed by atoms with Crippen LogP contribution in [0.3, 0.4) is 0 Å². The minimum absolute atomic E-state index is 0.139. The number of rotatable bonds is 10. The van der Waals surface area contributed by atoms with Gasteiger partial charge in [0.25, 0.3) is 0 Å². The lowest BCUT2D eigenvalue weighted by molar-refractivity contribution is -0.0637. The Bertz CT molecular complexity index is 417. The molecule has 5 nitrogen and oxygen atoms in total. The monoisotopic (exact) mass is 371 g/mol. The Morgan fingerprint density at radius 1 is 1.19 bits per heavy atom. The quantitative estimate of drug-likeness (QED) is 0.533. The number of carbonyl (C=O) groups is 1. The Morgan fingerprint density at radius 2 is 1.77 bits per heavy atom. The molecule has 1 amide bonds. The molecule has 0 aromatic heterocycles. The van der Waals surface area contributed by atoms with Gasteiger partial charge in [0.2, 0.25) is 0 Å². The van der Waals surface area contributed by atoms with Gasteiger partial charge < -0.3 is 14.6 Å². The average Bonchev–Trinajstić information content (AvgIpc) is 2.79. The molecule has 26 heavy (non-hydrogen) atoms. The molecule has 1 heterocycles. The van der Waals surface area contributed by atoms with E-state index in [1.165, 1.54) is 38.5 Å². The van der Waals surface area contributed by atoms with Crippen molar-refractivity contribution in [1.82, 2.24) is 4.90 Å². The van der Waals surface area contributed by atoms with Gasteiger partial charge in [-0.05, 0) is 47.5 Å². The summed E-state index contributed by atoms with van der Waals surface area (Å²) in [7, 11) is 0. The molecule has 1 rings (SSSR count). The molecule has 2 atom stereocenters. The molecule has 0 aromatic carbocycles. The van der Waals surface area contributed by atoms with Crippen molar-refractivity contribution in [3.05, 3.63) is 0 Å². The molecule has 0 radical (unpaired) electrons. The Morgan fingerprint density at radius 3 is 2.35 bits per heavy atom. The predicted octanol–water partition coefficient (Wildman–Crippen LogP) is 5.25. The molecule has 154 valence electrons. The van der Waals surface area contributed by atoms with Crippen LogP contribution in [0.15, 0.2) is 0 Å². The fourth-order valence-corrected chi connectivity index (χ4v) is 3.51. The highest BCUT2D eigenvalue weighted by Crippen LogP contribution is 2.32. The summed E-state index contributed by atoms with van der Waals surface area (Å²) in [5.74, 6) is 0. The zero-order valence-corrected chi connectivity index (χ0v) is 17.8. The number of unbranched alkanes of at least 4 members (excludes halogenated alkanes) is 6. The second-order valence-corrected chi connectivity index (χ2v) is 9.06. The minimum atomic E-state index is -0.702. The molecule has 0 unspecified atom stereocenters. The molecule has 0 aliphatic carbocycles. The summed E-state index contributed by atoms with van der Waals surface area (Å²) in [6.45, 7) is 12.0. The maximum atomic E-state index is 12.6.